The van der Waals surface area contributed by atoms with E-state index in [0.717, 1.165) is 39.1 Å². The van der Waals surface area contributed by atoms with Crippen LogP contribution in [0.25, 0.3) is 10.9 Å². The number of anilines is 2. The lowest BCUT2D eigenvalue weighted by Crippen LogP contribution is -2.08. The molecule has 0 bridgehead atoms. The van der Waals surface area contributed by atoms with E-state index in [1.54, 1.807) is 0 Å². The lowest BCUT2D eigenvalue weighted by atomic mass is 10.0. The standard InChI is InChI=1S/C19H18N2O2/c1-12-6-5-7-14(10-12)21-19-15-8-3-4-9-17(15)20-13(2)16(19)11-18(22)23/h3-10H,11H2,1-2H3,(H,20,21)(H,22,23). The van der Waals surface area contributed by atoms with Gasteiger partial charge in [-0.25, -0.2) is 0 Å². The second kappa shape index (κ2) is 6.08. The highest BCUT2D eigenvalue weighted by molar-refractivity contribution is 5.96. The van der Waals surface area contributed by atoms with Crippen molar-refractivity contribution in [2.24, 2.45) is 0 Å². The first-order chi connectivity index (χ1) is 11.0. The number of carboxylic acid groups (broad SMARTS) is 1. The third-order valence-electron chi connectivity index (χ3n) is 3.82. The highest BCUT2D eigenvalue weighted by Gasteiger charge is 2.15. The largest absolute Gasteiger partial charge is 0.481 e. The molecule has 0 fully saturated rings. The first-order valence-corrected chi connectivity index (χ1v) is 7.48. The highest BCUT2D eigenvalue weighted by atomic mass is 16.4. The number of aryl methyl sites for hydroxylation is 2. The van der Waals surface area contributed by atoms with Gasteiger partial charge in [0.25, 0.3) is 0 Å². The summed E-state index contributed by atoms with van der Waals surface area (Å²) in [5.41, 5.74) is 5.21. The van der Waals surface area contributed by atoms with Gasteiger partial charge in [0.15, 0.2) is 0 Å². The molecule has 3 rings (SSSR count). The van der Waals surface area contributed by atoms with Gasteiger partial charge >= 0.3 is 5.97 Å². The van der Waals surface area contributed by atoms with E-state index in [1.807, 2.05) is 62.4 Å². The van der Waals surface area contributed by atoms with Crippen LogP contribution >= 0.6 is 0 Å². The Morgan fingerprint density at radius 1 is 1.13 bits per heavy atom. The molecular weight excluding hydrogens is 288 g/mol. The van der Waals surface area contributed by atoms with E-state index < -0.39 is 5.97 Å². The van der Waals surface area contributed by atoms with Crippen molar-refractivity contribution in [3.8, 4) is 0 Å². The van der Waals surface area contributed by atoms with E-state index in [-0.39, 0.29) is 6.42 Å². The van der Waals surface area contributed by atoms with Gasteiger partial charge in [-0.1, -0.05) is 30.3 Å². The third-order valence-corrected chi connectivity index (χ3v) is 3.82. The number of para-hydroxylation sites is 1. The third kappa shape index (κ3) is 3.16. The minimum absolute atomic E-state index is 0.0577. The smallest absolute Gasteiger partial charge is 0.307 e. The predicted octanol–water partition coefficient (Wildman–Crippen LogP) is 4.22. The van der Waals surface area contributed by atoms with Crippen LogP contribution in [0.1, 0.15) is 16.8 Å². The summed E-state index contributed by atoms with van der Waals surface area (Å²) in [7, 11) is 0. The van der Waals surface area contributed by atoms with Gasteiger partial charge in [0.2, 0.25) is 0 Å². The summed E-state index contributed by atoms with van der Waals surface area (Å²) in [6.07, 6.45) is -0.0577. The summed E-state index contributed by atoms with van der Waals surface area (Å²) < 4.78 is 0. The Bertz CT molecular complexity index is 888. The number of benzene rings is 2. The van der Waals surface area contributed by atoms with Gasteiger partial charge in [-0.2, -0.15) is 0 Å². The SMILES string of the molecule is Cc1cccc(Nc2c(CC(=O)O)c(C)nc3ccccc23)c1. The molecule has 116 valence electrons. The molecule has 3 aromatic rings. The van der Waals surface area contributed by atoms with E-state index in [4.69, 9.17) is 0 Å². The second-order valence-corrected chi connectivity index (χ2v) is 5.63. The number of carboxylic acids is 1. The molecule has 4 nitrogen and oxygen atoms in total. The molecule has 0 aliphatic heterocycles. The van der Waals surface area contributed by atoms with E-state index in [0.29, 0.717) is 0 Å². The normalized spacial score (nSPS) is 10.7. The lowest BCUT2D eigenvalue weighted by molar-refractivity contribution is -0.136. The van der Waals surface area contributed by atoms with Crippen LogP contribution < -0.4 is 5.32 Å². The topological polar surface area (TPSA) is 62.2 Å². The van der Waals surface area contributed by atoms with Crippen LogP contribution in [-0.4, -0.2) is 16.1 Å². The average Bonchev–Trinajstić information content (AvgIpc) is 2.50. The Balaban J connectivity index is 2.20. The summed E-state index contributed by atoms with van der Waals surface area (Å²) in [6, 6.07) is 15.8. The fourth-order valence-electron chi connectivity index (χ4n) is 2.75. The molecule has 0 saturated heterocycles. The zero-order valence-electron chi connectivity index (χ0n) is 13.1. The molecule has 0 aliphatic carbocycles. The van der Waals surface area contributed by atoms with Crippen LogP contribution in [-0.2, 0) is 11.2 Å². The van der Waals surface area contributed by atoms with E-state index in [2.05, 4.69) is 10.3 Å². The molecule has 0 saturated carbocycles. The van der Waals surface area contributed by atoms with Crippen molar-refractivity contribution >= 4 is 28.2 Å². The Morgan fingerprint density at radius 3 is 2.65 bits per heavy atom. The summed E-state index contributed by atoms with van der Waals surface area (Å²) in [4.78, 5) is 15.8. The van der Waals surface area contributed by atoms with Crippen LogP contribution in [0, 0.1) is 13.8 Å². The van der Waals surface area contributed by atoms with E-state index in [9.17, 15) is 9.90 Å². The van der Waals surface area contributed by atoms with Crippen LogP contribution in [0.3, 0.4) is 0 Å². The molecule has 2 N–H and O–H groups in total. The number of hydrogen-bond donors (Lipinski definition) is 2. The molecular formula is C19H18N2O2. The number of rotatable bonds is 4. The molecule has 1 heterocycles. The van der Waals surface area contributed by atoms with Gasteiger partial charge in [0.05, 0.1) is 17.6 Å². The first kappa shape index (κ1) is 15.0. The molecule has 0 spiro atoms. The molecule has 0 unspecified atom stereocenters. The molecule has 0 radical (unpaired) electrons. The number of pyridine rings is 1. The van der Waals surface area contributed by atoms with Crippen molar-refractivity contribution in [3.05, 3.63) is 65.4 Å². The zero-order chi connectivity index (χ0) is 16.4. The van der Waals surface area contributed by atoms with Crippen LogP contribution in [0.2, 0.25) is 0 Å². The number of hydrogen-bond acceptors (Lipinski definition) is 3. The number of carbonyl (C=O) groups is 1. The maximum Gasteiger partial charge on any atom is 0.307 e. The number of aliphatic carboxylic acids is 1. The Kier molecular flexibility index (Phi) is 3.98. The zero-order valence-corrected chi connectivity index (χ0v) is 13.1. The summed E-state index contributed by atoms with van der Waals surface area (Å²) in [5.74, 6) is -0.863. The number of aromatic nitrogens is 1. The van der Waals surface area contributed by atoms with E-state index in [1.165, 1.54) is 0 Å². The lowest BCUT2D eigenvalue weighted by Gasteiger charge is -2.16. The van der Waals surface area contributed by atoms with Gasteiger partial charge in [-0.05, 0) is 37.6 Å². The maximum atomic E-state index is 11.3. The number of nitrogens with one attached hydrogen (secondary N) is 1. The molecule has 1 aromatic heterocycles. The highest BCUT2D eigenvalue weighted by Crippen LogP contribution is 2.31. The second-order valence-electron chi connectivity index (χ2n) is 5.63. The minimum Gasteiger partial charge on any atom is -0.481 e. The number of fused-ring (bicyclic) bond motifs is 1. The van der Waals surface area contributed by atoms with Crippen molar-refractivity contribution in [3.63, 3.8) is 0 Å². The van der Waals surface area contributed by atoms with Crippen molar-refractivity contribution in [1.29, 1.82) is 0 Å². The van der Waals surface area contributed by atoms with Gasteiger partial charge in [-0.3, -0.25) is 9.78 Å². The molecule has 0 aliphatic rings. The Hall–Kier alpha value is -2.88. The summed E-state index contributed by atoms with van der Waals surface area (Å²) >= 11 is 0. The van der Waals surface area contributed by atoms with Gasteiger partial charge < -0.3 is 10.4 Å². The fraction of sp³-hybridized carbons (Fsp3) is 0.158. The summed E-state index contributed by atoms with van der Waals surface area (Å²) in [6.45, 7) is 3.88. The average molecular weight is 306 g/mol. The van der Waals surface area contributed by atoms with Crippen molar-refractivity contribution < 1.29 is 9.90 Å². The van der Waals surface area contributed by atoms with E-state index >= 15 is 0 Å². The van der Waals surface area contributed by atoms with Crippen molar-refractivity contribution in [2.45, 2.75) is 20.3 Å². The maximum absolute atomic E-state index is 11.3. The van der Waals surface area contributed by atoms with Gasteiger partial charge in [0, 0.05) is 22.3 Å². The first-order valence-electron chi connectivity index (χ1n) is 7.48. The van der Waals surface area contributed by atoms with Crippen LogP contribution in [0.5, 0.6) is 0 Å². The molecule has 2 aromatic carbocycles. The Morgan fingerprint density at radius 2 is 1.91 bits per heavy atom. The van der Waals surface area contributed by atoms with Crippen LogP contribution in [0.4, 0.5) is 11.4 Å². The monoisotopic (exact) mass is 306 g/mol. The molecule has 0 atom stereocenters. The predicted molar refractivity (Wildman–Crippen MR) is 92.3 cm³/mol. The van der Waals surface area contributed by atoms with Crippen molar-refractivity contribution in [2.75, 3.05) is 5.32 Å². The summed E-state index contributed by atoms with van der Waals surface area (Å²) in [5, 5.41) is 13.6. The Labute approximate surface area is 134 Å². The van der Waals surface area contributed by atoms with Crippen LogP contribution in [0.15, 0.2) is 48.5 Å². The minimum atomic E-state index is -0.863. The molecule has 23 heavy (non-hydrogen) atoms. The fourth-order valence-corrected chi connectivity index (χ4v) is 2.75. The van der Waals surface area contributed by atoms with Gasteiger partial charge in [-0.15, -0.1) is 0 Å². The van der Waals surface area contributed by atoms with Crippen molar-refractivity contribution in [1.82, 2.24) is 4.98 Å². The quantitative estimate of drug-likeness (QED) is 0.757. The molecule has 0 amide bonds. The number of nitrogens with zero attached hydrogens (tertiary/aromatic N) is 1. The molecule has 4 heteroatoms. The van der Waals surface area contributed by atoms with Gasteiger partial charge in [0.1, 0.15) is 0 Å².